The zero-order valence-electron chi connectivity index (χ0n) is 15.7. The van der Waals surface area contributed by atoms with Gasteiger partial charge in [0, 0.05) is 29.3 Å². The number of anilines is 1. The number of halogens is 3. The number of nitrogens with zero attached hydrogens (tertiary/aromatic N) is 4. The van der Waals surface area contributed by atoms with Crippen molar-refractivity contribution < 1.29 is 9.72 Å². The lowest BCUT2D eigenvalue weighted by Gasteiger charge is -2.10. The molecular weight excluding hydrogens is 485 g/mol. The second-order valence-corrected chi connectivity index (χ2v) is 8.28. The van der Waals surface area contributed by atoms with Crippen LogP contribution >= 0.6 is 46.6 Å². The average Bonchev–Trinajstić information content (AvgIpc) is 3.10. The number of non-ortho nitro benzene ring substituents is 1. The molecule has 0 saturated heterocycles. The molecule has 0 fully saturated rings. The average molecular weight is 499 g/mol. The van der Waals surface area contributed by atoms with E-state index in [0.717, 1.165) is 11.8 Å². The molecule has 2 aromatic carbocycles. The molecule has 1 aromatic heterocycles. The van der Waals surface area contributed by atoms with Crippen LogP contribution in [0.3, 0.4) is 0 Å². The van der Waals surface area contributed by atoms with Gasteiger partial charge in [-0.25, -0.2) is 0 Å². The number of rotatable bonds is 8. The molecule has 0 bridgehead atoms. The van der Waals surface area contributed by atoms with Gasteiger partial charge in [-0.1, -0.05) is 52.6 Å². The molecule has 0 spiro atoms. The lowest BCUT2D eigenvalue weighted by Crippen LogP contribution is -2.15. The summed E-state index contributed by atoms with van der Waals surface area (Å²) in [7, 11) is 0. The molecule has 0 saturated carbocycles. The van der Waals surface area contributed by atoms with Gasteiger partial charge in [-0.15, -0.1) is 16.8 Å². The van der Waals surface area contributed by atoms with Crippen molar-refractivity contribution in [3.8, 4) is 11.4 Å². The summed E-state index contributed by atoms with van der Waals surface area (Å²) in [5.41, 5.74) is 0.616. The Morgan fingerprint density at radius 1 is 1.19 bits per heavy atom. The number of hydrogen-bond acceptors (Lipinski definition) is 6. The third-order valence-electron chi connectivity index (χ3n) is 3.97. The van der Waals surface area contributed by atoms with Crippen molar-refractivity contribution >= 4 is 63.8 Å². The van der Waals surface area contributed by atoms with E-state index in [4.69, 9.17) is 34.8 Å². The lowest BCUT2D eigenvalue weighted by atomic mass is 10.2. The van der Waals surface area contributed by atoms with Gasteiger partial charge >= 0.3 is 0 Å². The summed E-state index contributed by atoms with van der Waals surface area (Å²) in [6, 6.07) is 8.85. The lowest BCUT2D eigenvalue weighted by molar-refractivity contribution is -0.384. The van der Waals surface area contributed by atoms with Crippen LogP contribution in [0.15, 0.2) is 54.2 Å². The van der Waals surface area contributed by atoms with Crippen LogP contribution in [0.2, 0.25) is 15.1 Å². The number of benzene rings is 2. The molecule has 1 heterocycles. The molecule has 1 amide bonds. The van der Waals surface area contributed by atoms with Crippen LogP contribution in [0.5, 0.6) is 0 Å². The van der Waals surface area contributed by atoms with Gasteiger partial charge in [0.25, 0.3) is 5.69 Å². The summed E-state index contributed by atoms with van der Waals surface area (Å²) in [6.07, 6.45) is 1.67. The van der Waals surface area contributed by atoms with Gasteiger partial charge in [0.1, 0.15) is 0 Å². The molecule has 0 atom stereocenters. The van der Waals surface area contributed by atoms with E-state index < -0.39 is 10.8 Å². The summed E-state index contributed by atoms with van der Waals surface area (Å²) in [5.74, 6) is 0.0701. The Kier molecular flexibility index (Phi) is 7.55. The van der Waals surface area contributed by atoms with Gasteiger partial charge in [0.2, 0.25) is 5.91 Å². The molecule has 0 aliphatic carbocycles. The molecule has 3 rings (SSSR count). The molecule has 0 radical (unpaired) electrons. The number of amides is 1. The molecule has 12 heteroatoms. The van der Waals surface area contributed by atoms with E-state index in [1.54, 1.807) is 28.8 Å². The SMILES string of the molecule is C=CCn1c(SCC(=O)Nc2cc([N+](=O)[O-])ccc2Cl)nnc1-c1ccc(Cl)cc1Cl. The van der Waals surface area contributed by atoms with Gasteiger partial charge in [0.05, 0.1) is 26.4 Å². The Morgan fingerprint density at radius 3 is 2.65 bits per heavy atom. The molecule has 0 unspecified atom stereocenters. The third kappa shape index (κ3) is 5.56. The molecule has 8 nitrogen and oxygen atoms in total. The van der Waals surface area contributed by atoms with Crippen LogP contribution in [0.25, 0.3) is 11.4 Å². The van der Waals surface area contributed by atoms with Gasteiger partial charge in [0.15, 0.2) is 11.0 Å². The second-order valence-electron chi connectivity index (χ2n) is 6.09. The van der Waals surface area contributed by atoms with Crippen molar-refractivity contribution in [2.24, 2.45) is 0 Å². The number of allylic oxidation sites excluding steroid dienone is 1. The summed E-state index contributed by atoms with van der Waals surface area (Å²) in [6.45, 7) is 4.13. The fourth-order valence-corrected chi connectivity index (χ4v) is 4.00. The number of nitro benzene ring substituents is 1. The number of carbonyl (C=O) groups excluding carboxylic acids is 1. The van der Waals surface area contributed by atoms with Crippen LogP contribution in [0, 0.1) is 10.1 Å². The predicted molar refractivity (Wildman–Crippen MR) is 123 cm³/mol. The first-order valence-corrected chi connectivity index (χ1v) is 10.8. The van der Waals surface area contributed by atoms with E-state index in [0.29, 0.717) is 33.1 Å². The molecule has 0 aliphatic rings. The number of nitrogens with one attached hydrogen (secondary N) is 1. The summed E-state index contributed by atoms with van der Waals surface area (Å²) >= 11 is 19.4. The highest BCUT2D eigenvalue weighted by atomic mass is 35.5. The Bertz CT molecular complexity index is 1170. The first-order chi connectivity index (χ1) is 14.8. The second kappa shape index (κ2) is 10.1. The normalized spacial score (nSPS) is 10.7. The highest BCUT2D eigenvalue weighted by Gasteiger charge is 2.18. The van der Waals surface area contributed by atoms with Crippen LogP contribution in [-0.2, 0) is 11.3 Å². The van der Waals surface area contributed by atoms with Crippen LogP contribution in [-0.4, -0.2) is 31.3 Å². The predicted octanol–water partition coefficient (Wildman–Crippen LogP) is 5.73. The summed E-state index contributed by atoms with van der Waals surface area (Å²) in [5, 5.41) is 23.4. The minimum absolute atomic E-state index is 0.0252. The standard InChI is InChI=1S/C19H14Cl3N5O3S/c1-2-7-26-18(13-5-3-11(20)8-15(13)22)24-25-19(26)31-10-17(28)23-16-9-12(27(29)30)4-6-14(16)21/h2-6,8-9H,1,7,10H2,(H,23,28). The number of thioether (sulfide) groups is 1. The largest absolute Gasteiger partial charge is 0.324 e. The maximum Gasteiger partial charge on any atom is 0.271 e. The van der Waals surface area contributed by atoms with Gasteiger partial charge in [-0.2, -0.15) is 0 Å². The number of nitro groups is 1. The zero-order valence-corrected chi connectivity index (χ0v) is 18.8. The quantitative estimate of drug-likeness (QED) is 0.184. The van der Waals surface area contributed by atoms with Crippen molar-refractivity contribution in [2.75, 3.05) is 11.1 Å². The Balaban J connectivity index is 1.77. The molecule has 1 N–H and O–H groups in total. The van der Waals surface area contributed by atoms with Crippen molar-refractivity contribution in [1.29, 1.82) is 0 Å². The number of aromatic nitrogens is 3. The third-order valence-corrected chi connectivity index (χ3v) is 5.81. The Labute approximate surface area is 196 Å². The first-order valence-electron chi connectivity index (χ1n) is 8.66. The fourth-order valence-electron chi connectivity index (χ4n) is 2.60. The first kappa shape index (κ1) is 23.1. The van der Waals surface area contributed by atoms with E-state index >= 15 is 0 Å². The Morgan fingerprint density at radius 2 is 1.97 bits per heavy atom. The fraction of sp³-hybridized carbons (Fsp3) is 0.105. The van der Waals surface area contributed by atoms with Crippen molar-refractivity contribution in [2.45, 2.75) is 11.7 Å². The number of carbonyl (C=O) groups is 1. The van der Waals surface area contributed by atoms with Gasteiger partial charge in [-0.3, -0.25) is 19.5 Å². The smallest absolute Gasteiger partial charge is 0.271 e. The summed E-state index contributed by atoms with van der Waals surface area (Å²) in [4.78, 5) is 22.7. The molecule has 3 aromatic rings. The van der Waals surface area contributed by atoms with E-state index in [9.17, 15) is 14.9 Å². The molecule has 31 heavy (non-hydrogen) atoms. The zero-order chi connectivity index (χ0) is 22.5. The van der Waals surface area contributed by atoms with Crippen LogP contribution in [0.1, 0.15) is 0 Å². The van der Waals surface area contributed by atoms with Crippen LogP contribution < -0.4 is 5.32 Å². The monoisotopic (exact) mass is 497 g/mol. The molecule has 0 aliphatic heterocycles. The van der Waals surface area contributed by atoms with E-state index in [1.807, 2.05) is 0 Å². The van der Waals surface area contributed by atoms with E-state index in [1.165, 1.54) is 18.2 Å². The maximum atomic E-state index is 12.4. The highest BCUT2D eigenvalue weighted by molar-refractivity contribution is 7.99. The van der Waals surface area contributed by atoms with E-state index in [-0.39, 0.29) is 22.2 Å². The minimum Gasteiger partial charge on any atom is -0.324 e. The van der Waals surface area contributed by atoms with Gasteiger partial charge < -0.3 is 5.32 Å². The van der Waals surface area contributed by atoms with Gasteiger partial charge in [-0.05, 0) is 24.3 Å². The maximum absolute atomic E-state index is 12.4. The molecular formula is C19H14Cl3N5O3S. The van der Waals surface area contributed by atoms with Crippen molar-refractivity contribution in [1.82, 2.24) is 14.8 Å². The highest BCUT2D eigenvalue weighted by Crippen LogP contribution is 2.32. The topological polar surface area (TPSA) is 103 Å². The van der Waals surface area contributed by atoms with Crippen LogP contribution in [0.4, 0.5) is 11.4 Å². The summed E-state index contributed by atoms with van der Waals surface area (Å²) < 4.78 is 1.76. The minimum atomic E-state index is -0.568. The molecule has 160 valence electrons. The van der Waals surface area contributed by atoms with Crippen molar-refractivity contribution in [3.05, 3.63) is 74.2 Å². The number of hydrogen-bond donors (Lipinski definition) is 1. The van der Waals surface area contributed by atoms with E-state index in [2.05, 4.69) is 22.1 Å². The Hall–Kier alpha value is -2.59. The van der Waals surface area contributed by atoms with Crippen molar-refractivity contribution in [3.63, 3.8) is 0 Å².